The molecule has 0 amide bonds. The Morgan fingerprint density at radius 2 is 1.87 bits per heavy atom. The number of nitrogens with zero attached hydrogens (tertiary/aromatic N) is 3. The van der Waals surface area contributed by atoms with Crippen LogP contribution in [-0.4, -0.2) is 52.4 Å². The number of aryl methyl sites for hydroxylation is 1. The van der Waals surface area contributed by atoms with Gasteiger partial charge in [0.25, 0.3) is 0 Å². The second-order valence-electron chi connectivity index (χ2n) is 6.97. The van der Waals surface area contributed by atoms with Crippen molar-refractivity contribution in [1.82, 2.24) is 15.6 Å². The van der Waals surface area contributed by atoms with Gasteiger partial charge in [0.2, 0.25) is 0 Å². The zero-order valence-corrected chi connectivity index (χ0v) is 20.9. The van der Waals surface area contributed by atoms with Gasteiger partial charge in [0.05, 0.1) is 18.8 Å². The van der Waals surface area contributed by atoms with Crippen LogP contribution in [0.3, 0.4) is 0 Å². The number of hydrogen-bond acceptors (Lipinski definition) is 5. The Morgan fingerprint density at radius 1 is 1.10 bits per heavy atom. The maximum Gasteiger partial charge on any atom is 0.191 e. The van der Waals surface area contributed by atoms with E-state index < -0.39 is 0 Å². The lowest BCUT2D eigenvalue weighted by molar-refractivity contribution is 0.171. The molecule has 7 nitrogen and oxygen atoms in total. The number of ether oxygens (including phenoxy) is 2. The Bertz CT molecular complexity index is 799. The summed E-state index contributed by atoms with van der Waals surface area (Å²) in [6.45, 7) is 4.60. The molecule has 0 saturated heterocycles. The van der Waals surface area contributed by atoms with E-state index in [-0.39, 0.29) is 24.0 Å². The molecule has 2 rings (SSSR count). The highest BCUT2D eigenvalue weighted by molar-refractivity contribution is 14.0. The number of pyridine rings is 1. The van der Waals surface area contributed by atoms with Crippen molar-refractivity contribution >= 4 is 35.8 Å². The molecule has 30 heavy (non-hydrogen) atoms. The van der Waals surface area contributed by atoms with Crippen LogP contribution in [0.4, 0.5) is 5.82 Å². The molecule has 0 atom stereocenters. The lowest BCUT2D eigenvalue weighted by atomic mass is 10.1. The molecule has 0 fully saturated rings. The number of aromatic nitrogens is 1. The fourth-order valence-corrected chi connectivity index (χ4v) is 2.72. The molecule has 0 unspecified atom stereocenters. The summed E-state index contributed by atoms with van der Waals surface area (Å²) in [6, 6.07) is 12.2. The van der Waals surface area contributed by atoms with Gasteiger partial charge in [0.1, 0.15) is 11.6 Å². The predicted molar refractivity (Wildman–Crippen MR) is 134 cm³/mol. The molecule has 1 heterocycles. The van der Waals surface area contributed by atoms with Crippen molar-refractivity contribution in [1.29, 1.82) is 0 Å². The zero-order chi connectivity index (χ0) is 21.1. The molecule has 0 bridgehead atoms. The van der Waals surface area contributed by atoms with Gasteiger partial charge in [-0.2, -0.15) is 0 Å². The molecule has 1 aromatic carbocycles. The van der Waals surface area contributed by atoms with Crippen LogP contribution < -0.4 is 20.3 Å². The van der Waals surface area contributed by atoms with Gasteiger partial charge < -0.3 is 25.0 Å². The second-order valence-corrected chi connectivity index (χ2v) is 6.97. The highest BCUT2D eigenvalue weighted by Gasteiger charge is 2.07. The Labute approximate surface area is 197 Å². The van der Waals surface area contributed by atoms with Crippen molar-refractivity contribution in [3.8, 4) is 5.75 Å². The molecule has 0 saturated carbocycles. The van der Waals surface area contributed by atoms with Crippen LogP contribution in [0, 0.1) is 6.92 Å². The van der Waals surface area contributed by atoms with E-state index in [1.54, 1.807) is 14.2 Å². The van der Waals surface area contributed by atoms with E-state index in [0.29, 0.717) is 32.3 Å². The SMILES string of the molecule is CN=C(NCc1cccc(N(C)C)n1)NCc1ccc(C)cc1OCCCOC.I. The fraction of sp³-hybridized carbons (Fsp3) is 0.455. The van der Waals surface area contributed by atoms with Gasteiger partial charge in [-0.15, -0.1) is 24.0 Å². The van der Waals surface area contributed by atoms with Crippen LogP contribution in [0.1, 0.15) is 23.2 Å². The molecule has 166 valence electrons. The number of guanidine groups is 1. The summed E-state index contributed by atoms with van der Waals surface area (Å²) < 4.78 is 11.0. The number of halogens is 1. The number of benzene rings is 1. The molecule has 0 aliphatic heterocycles. The van der Waals surface area contributed by atoms with Crippen molar-refractivity contribution < 1.29 is 9.47 Å². The van der Waals surface area contributed by atoms with Gasteiger partial charge in [0.15, 0.2) is 5.96 Å². The minimum atomic E-state index is 0. The van der Waals surface area contributed by atoms with E-state index in [2.05, 4.69) is 45.7 Å². The topological polar surface area (TPSA) is 71.0 Å². The van der Waals surface area contributed by atoms with Crippen LogP contribution in [-0.2, 0) is 17.8 Å². The third-order valence-electron chi connectivity index (χ3n) is 4.33. The van der Waals surface area contributed by atoms with E-state index in [1.807, 2.05) is 37.2 Å². The minimum absolute atomic E-state index is 0. The first kappa shape index (κ1) is 26.0. The lowest BCUT2D eigenvalue weighted by Gasteiger charge is -2.16. The van der Waals surface area contributed by atoms with Crippen molar-refractivity contribution in [2.45, 2.75) is 26.4 Å². The van der Waals surface area contributed by atoms with Crippen LogP contribution in [0.5, 0.6) is 5.75 Å². The first-order valence-electron chi connectivity index (χ1n) is 9.82. The number of rotatable bonds is 10. The van der Waals surface area contributed by atoms with Crippen LogP contribution in [0.15, 0.2) is 41.4 Å². The summed E-state index contributed by atoms with van der Waals surface area (Å²) in [6.07, 6.45) is 0.861. The van der Waals surface area contributed by atoms with Crippen molar-refractivity contribution in [3.63, 3.8) is 0 Å². The average molecular weight is 527 g/mol. The highest BCUT2D eigenvalue weighted by Crippen LogP contribution is 2.20. The highest BCUT2D eigenvalue weighted by atomic mass is 127. The monoisotopic (exact) mass is 527 g/mol. The molecule has 0 aliphatic rings. The van der Waals surface area contributed by atoms with E-state index in [1.165, 1.54) is 5.56 Å². The first-order chi connectivity index (χ1) is 14.0. The maximum absolute atomic E-state index is 5.96. The summed E-state index contributed by atoms with van der Waals surface area (Å²) in [5.74, 6) is 2.54. The number of anilines is 1. The molecule has 2 N–H and O–H groups in total. The standard InChI is InChI=1S/C22H33N5O2.HI/c1-17-10-11-18(20(14-17)29-13-7-12-28-5)15-24-22(23-2)25-16-19-8-6-9-21(26-19)27(3)4;/h6,8-11,14H,7,12-13,15-16H2,1-5H3,(H2,23,24,25);1H. The van der Waals surface area contributed by atoms with Gasteiger partial charge >= 0.3 is 0 Å². The zero-order valence-electron chi connectivity index (χ0n) is 18.6. The number of nitrogens with one attached hydrogen (secondary N) is 2. The Hall–Kier alpha value is -2.07. The third kappa shape index (κ3) is 8.74. The molecule has 2 aromatic rings. The van der Waals surface area contributed by atoms with Crippen molar-refractivity contribution in [2.75, 3.05) is 46.4 Å². The molecule has 0 spiro atoms. The third-order valence-corrected chi connectivity index (χ3v) is 4.33. The van der Waals surface area contributed by atoms with E-state index in [0.717, 1.165) is 29.2 Å². The first-order valence-corrected chi connectivity index (χ1v) is 9.82. The van der Waals surface area contributed by atoms with Gasteiger partial charge in [-0.25, -0.2) is 4.98 Å². The normalized spacial score (nSPS) is 10.9. The molecule has 1 aromatic heterocycles. The summed E-state index contributed by atoms with van der Waals surface area (Å²) in [5, 5.41) is 6.66. The summed E-state index contributed by atoms with van der Waals surface area (Å²) in [7, 11) is 7.43. The predicted octanol–water partition coefficient (Wildman–Crippen LogP) is 3.35. The second kappa shape index (κ2) is 14.0. The number of aliphatic imine (C=N–C) groups is 1. The molecule has 0 aliphatic carbocycles. The van der Waals surface area contributed by atoms with Gasteiger partial charge in [-0.1, -0.05) is 18.2 Å². The summed E-state index contributed by atoms with van der Waals surface area (Å²) in [5.41, 5.74) is 3.21. The van der Waals surface area contributed by atoms with Gasteiger partial charge in [-0.05, 0) is 30.7 Å². The molecular formula is C22H34IN5O2. The Kier molecular flexibility index (Phi) is 12.1. The fourth-order valence-electron chi connectivity index (χ4n) is 2.72. The molecule has 8 heteroatoms. The summed E-state index contributed by atoms with van der Waals surface area (Å²) >= 11 is 0. The van der Waals surface area contributed by atoms with Gasteiger partial charge in [-0.3, -0.25) is 4.99 Å². The average Bonchev–Trinajstić information content (AvgIpc) is 2.72. The summed E-state index contributed by atoms with van der Waals surface area (Å²) in [4.78, 5) is 10.9. The van der Waals surface area contributed by atoms with Crippen molar-refractivity contribution in [3.05, 3.63) is 53.2 Å². The van der Waals surface area contributed by atoms with Gasteiger partial charge in [0, 0.05) is 53.4 Å². The maximum atomic E-state index is 5.96. The number of hydrogen-bond donors (Lipinski definition) is 2. The Balaban J connectivity index is 0.00000450. The molecular weight excluding hydrogens is 493 g/mol. The minimum Gasteiger partial charge on any atom is -0.493 e. The van der Waals surface area contributed by atoms with E-state index >= 15 is 0 Å². The van der Waals surface area contributed by atoms with E-state index in [9.17, 15) is 0 Å². The quantitative estimate of drug-likeness (QED) is 0.214. The largest absolute Gasteiger partial charge is 0.493 e. The van der Waals surface area contributed by atoms with E-state index in [4.69, 9.17) is 9.47 Å². The lowest BCUT2D eigenvalue weighted by Crippen LogP contribution is -2.36. The smallest absolute Gasteiger partial charge is 0.191 e. The van der Waals surface area contributed by atoms with Crippen LogP contribution >= 0.6 is 24.0 Å². The van der Waals surface area contributed by atoms with Crippen LogP contribution in [0.25, 0.3) is 0 Å². The number of methoxy groups -OCH3 is 1. The Morgan fingerprint density at radius 3 is 2.57 bits per heavy atom. The molecule has 0 radical (unpaired) electrons. The van der Waals surface area contributed by atoms with Crippen LogP contribution in [0.2, 0.25) is 0 Å². The van der Waals surface area contributed by atoms with Crippen molar-refractivity contribution in [2.24, 2.45) is 4.99 Å².